The third kappa shape index (κ3) is 2.51. The van der Waals surface area contributed by atoms with Crippen molar-refractivity contribution in [3.05, 3.63) is 30.6 Å². The summed E-state index contributed by atoms with van der Waals surface area (Å²) in [6.07, 6.45) is 1.58. The van der Waals surface area contributed by atoms with Gasteiger partial charge in [0, 0.05) is 31.6 Å². The molecule has 90 valence electrons. The van der Waals surface area contributed by atoms with Gasteiger partial charge in [0.1, 0.15) is 12.1 Å². The Balaban J connectivity index is 2.44. The Labute approximate surface area is 100 Å². The van der Waals surface area contributed by atoms with E-state index < -0.39 is 0 Å². The van der Waals surface area contributed by atoms with Crippen LogP contribution in [0, 0.1) is 0 Å². The smallest absolute Gasteiger partial charge is 0.139 e. The number of aromatic nitrogens is 2. The first-order valence-electron chi connectivity index (χ1n) is 5.71. The molecule has 0 spiro atoms. The van der Waals surface area contributed by atoms with E-state index in [1.807, 2.05) is 24.3 Å². The van der Waals surface area contributed by atoms with Gasteiger partial charge in [-0.25, -0.2) is 9.97 Å². The highest BCUT2D eigenvalue weighted by Crippen LogP contribution is 2.21. The summed E-state index contributed by atoms with van der Waals surface area (Å²) in [6, 6.07) is 7.95. The van der Waals surface area contributed by atoms with Gasteiger partial charge in [-0.3, -0.25) is 0 Å². The van der Waals surface area contributed by atoms with Gasteiger partial charge in [-0.2, -0.15) is 0 Å². The van der Waals surface area contributed by atoms with E-state index >= 15 is 0 Å². The summed E-state index contributed by atoms with van der Waals surface area (Å²) in [5.74, 6) is 0.909. The molecule has 5 heteroatoms. The molecule has 0 aliphatic carbocycles. The van der Waals surface area contributed by atoms with Crippen LogP contribution >= 0.6 is 0 Å². The maximum Gasteiger partial charge on any atom is 0.139 e. The van der Waals surface area contributed by atoms with Gasteiger partial charge in [-0.1, -0.05) is 12.1 Å². The normalized spacial score (nSPS) is 10.7. The number of para-hydroxylation sites is 1. The molecule has 0 amide bonds. The number of hydrogen-bond donors (Lipinski definition) is 2. The van der Waals surface area contributed by atoms with Gasteiger partial charge in [0.05, 0.1) is 5.52 Å². The zero-order valence-electron chi connectivity index (χ0n) is 9.71. The minimum Gasteiger partial charge on any atom is -0.353 e. The monoisotopic (exact) mass is 231 g/mol. The van der Waals surface area contributed by atoms with E-state index in [4.69, 9.17) is 11.5 Å². The van der Waals surface area contributed by atoms with Crippen molar-refractivity contribution in [2.24, 2.45) is 11.5 Å². The van der Waals surface area contributed by atoms with Gasteiger partial charge in [-0.15, -0.1) is 0 Å². The van der Waals surface area contributed by atoms with E-state index in [-0.39, 0.29) is 0 Å². The molecule has 0 bridgehead atoms. The standard InChI is InChI=1S/C12H17N5/c13-5-7-17(8-6-14)12-10-3-1-2-4-11(10)15-9-16-12/h1-4,9H,5-8,13-14H2. The molecule has 2 rings (SSSR count). The summed E-state index contributed by atoms with van der Waals surface area (Å²) in [7, 11) is 0. The van der Waals surface area contributed by atoms with Crippen LogP contribution < -0.4 is 16.4 Å². The SMILES string of the molecule is NCCN(CCN)c1ncnc2ccccc12. The summed E-state index contributed by atoms with van der Waals surface area (Å²) < 4.78 is 0. The Kier molecular flexibility index (Phi) is 3.85. The van der Waals surface area contributed by atoms with Gasteiger partial charge >= 0.3 is 0 Å². The Morgan fingerprint density at radius 1 is 1.00 bits per heavy atom. The summed E-state index contributed by atoms with van der Waals surface area (Å²) in [6.45, 7) is 2.66. The molecule has 0 radical (unpaired) electrons. The van der Waals surface area contributed by atoms with Crippen molar-refractivity contribution in [3.8, 4) is 0 Å². The average Bonchev–Trinajstić information content (AvgIpc) is 2.38. The van der Waals surface area contributed by atoms with Crippen LogP contribution in [0.5, 0.6) is 0 Å². The van der Waals surface area contributed by atoms with Crippen LogP contribution in [0.3, 0.4) is 0 Å². The summed E-state index contributed by atoms with van der Waals surface area (Å²) in [5.41, 5.74) is 12.2. The zero-order valence-corrected chi connectivity index (χ0v) is 9.71. The fourth-order valence-electron chi connectivity index (χ4n) is 1.88. The summed E-state index contributed by atoms with van der Waals surface area (Å²) in [5, 5.41) is 1.04. The second-order valence-corrected chi connectivity index (χ2v) is 3.78. The van der Waals surface area contributed by atoms with Crippen LogP contribution in [0.4, 0.5) is 5.82 Å². The molecule has 5 nitrogen and oxygen atoms in total. The lowest BCUT2D eigenvalue weighted by molar-refractivity contribution is 0.772. The minimum atomic E-state index is 0.582. The van der Waals surface area contributed by atoms with E-state index in [0.29, 0.717) is 13.1 Å². The molecule has 2 aromatic rings. The second kappa shape index (κ2) is 5.56. The number of anilines is 1. The van der Waals surface area contributed by atoms with Crippen LogP contribution in [0.1, 0.15) is 0 Å². The molecule has 1 aromatic carbocycles. The van der Waals surface area contributed by atoms with Gasteiger partial charge in [0.15, 0.2) is 0 Å². The fourth-order valence-corrected chi connectivity index (χ4v) is 1.88. The van der Waals surface area contributed by atoms with Gasteiger partial charge < -0.3 is 16.4 Å². The molecule has 0 aliphatic rings. The van der Waals surface area contributed by atoms with Crippen molar-refractivity contribution in [1.82, 2.24) is 9.97 Å². The molecular weight excluding hydrogens is 214 g/mol. The first-order valence-corrected chi connectivity index (χ1v) is 5.71. The Morgan fingerprint density at radius 3 is 2.41 bits per heavy atom. The van der Waals surface area contributed by atoms with Crippen molar-refractivity contribution in [3.63, 3.8) is 0 Å². The van der Waals surface area contributed by atoms with E-state index in [0.717, 1.165) is 29.8 Å². The lowest BCUT2D eigenvalue weighted by Crippen LogP contribution is -2.34. The van der Waals surface area contributed by atoms with Crippen LogP contribution in [-0.4, -0.2) is 36.1 Å². The summed E-state index contributed by atoms with van der Waals surface area (Å²) >= 11 is 0. The molecule has 0 saturated heterocycles. The van der Waals surface area contributed by atoms with Crippen LogP contribution in [0.15, 0.2) is 30.6 Å². The maximum atomic E-state index is 5.62. The minimum absolute atomic E-state index is 0.582. The Bertz CT molecular complexity index is 474. The number of hydrogen-bond acceptors (Lipinski definition) is 5. The first-order chi connectivity index (χ1) is 8.36. The predicted octanol–water partition coefficient (Wildman–Crippen LogP) is 0.354. The average molecular weight is 231 g/mol. The number of nitrogens with zero attached hydrogens (tertiary/aromatic N) is 3. The first kappa shape index (κ1) is 11.8. The summed E-state index contributed by atoms with van der Waals surface area (Å²) in [4.78, 5) is 10.7. The number of fused-ring (bicyclic) bond motifs is 1. The Hall–Kier alpha value is -1.72. The van der Waals surface area contributed by atoms with Gasteiger partial charge in [0.2, 0.25) is 0 Å². The molecule has 0 saturated carbocycles. The molecule has 0 atom stereocenters. The quantitative estimate of drug-likeness (QED) is 0.776. The van der Waals surface area contributed by atoms with Crippen molar-refractivity contribution >= 4 is 16.7 Å². The highest BCUT2D eigenvalue weighted by Gasteiger charge is 2.10. The van der Waals surface area contributed by atoms with Crippen LogP contribution in [-0.2, 0) is 0 Å². The highest BCUT2D eigenvalue weighted by atomic mass is 15.2. The molecule has 0 unspecified atom stereocenters. The molecular formula is C12H17N5. The zero-order chi connectivity index (χ0) is 12.1. The molecule has 17 heavy (non-hydrogen) atoms. The third-order valence-electron chi connectivity index (χ3n) is 2.62. The molecule has 0 aliphatic heterocycles. The van der Waals surface area contributed by atoms with Gasteiger partial charge in [-0.05, 0) is 12.1 Å². The second-order valence-electron chi connectivity index (χ2n) is 3.78. The molecule has 0 fully saturated rings. The number of rotatable bonds is 5. The van der Waals surface area contributed by atoms with E-state index in [9.17, 15) is 0 Å². The third-order valence-corrected chi connectivity index (χ3v) is 2.62. The van der Waals surface area contributed by atoms with E-state index in [1.54, 1.807) is 6.33 Å². The van der Waals surface area contributed by atoms with Crippen molar-refractivity contribution in [1.29, 1.82) is 0 Å². The van der Waals surface area contributed by atoms with Crippen molar-refractivity contribution in [2.45, 2.75) is 0 Å². The molecule has 4 N–H and O–H groups in total. The largest absolute Gasteiger partial charge is 0.353 e. The highest BCUT2D eigenvalue weighted by molar-refractivity contribution is 5.89. The topological polar surface area (TPSA) is 81.1 Å². The number of benzene rings is 1. The molecule has 1 heterocycles. The maximum absolute atomic E-state index is 5.62. The van der Waals surface area contributed by atoms with Crippen LogP contribution in [0.25, 0.3) is 10.9 Å². The van der Waals surface area contributed by atoms with Crippen LogP contribution in [0.2, 0.25) is 0 Å². The fraction of sp³-hybridized carbons (Fsp3) is 0.333. The van der Waals surface area contributed by atoms with Crippen molar-refractivity contribution in [2.75, 3.05) is 31.1 Å². The van der Waals surface area contributed by atoms with Gasteiger partial charge in [0.25, 0.3) is 0 Å². The molecule has 1 aromatic heterocycles. The van der Waals surface area contributed by atoms with Crippen molar-refractivity contribution < 1.29 is 0 Å². The van der Waals surface area contributed by atoms with E-state index in [1.165, 1.54) is 0 Å². The number of nitrogens with two attached hydrogens (primary N) is 2. The predicted molar refractivity (Wildman–Crippen MR) is 69.9 cm³/mol. The lowest BCUT2D eigenvalue weighted by atomic mass is 10.2. The lowest BCUT2D eigenvalue weighted by Gasteiger charge is -2.23. The Morgan fingerprint density at radius 2 is 1.71 bits per heavy atom. The van der Waals surface area contributed by atoms with E-state index in [2.05, 4.69) is 14.9 Å².